The fraction of sp³-hybridized carbons (Fsp3) is 0.448. The molecule has 2 aromatic carbocycles. The van der Waals surface area contributed by atoms with Gasteiger partial charge in [-0.15, -0.1) is 0 Å². The van der Waals surface area contributed by atoms with E-state index in [2.05, 4.69) is 41.1 Å². The predicted octanol–water partition coefficient (Wildman–Crippen LogP) is 6.43. The molecular weight excluding hydrogens is 406 g/mol. The highest BCUT2D eigenvalue weighted by Crippen LogP contribution is 2.28. The van der Waals surface area contributed by atoms with Gasteiger partial charge in [-0.2, -0.15) is 0 Å². The third-order valence-corrected chi connectivity index (χ3v) is 6.91. The fourth-order valence-corrected chi connectivity index (χ4v) is 4.89. The molecule has 0 bridgehead atoms. The number of aromatic nitrogens is 2. The maximum Gasteiger partial charge on any atom is 0.128 e. The van der Waals surface area contributed by atoms with Crippen molar-refractivity contribution in [1.29, 1.82) is 0 Å². The molecule has 1 aromatic heterocycles. The molecule has 3 aromatic rings. The van der Waals surface area contributed by atoms with Gasteiger partial charge in [0.25, 0.3) is 0 Å². The maximum atomic E-state index is 9.43. The van der Waals surface area contributed by atoms with E-state index in [9.17, 15) is 5.11 Å². The van der Waals surface area contributed by atoms with Gasteiger partial charge in [0.15, 0.2) is 0 Å². The molecule has 0 spiro atoms. The summed E-state index contributed by atoms with van der Waals surface area (Å²) >= 11 is 0. The molecule has 174 valence electrons. The first-order chi connectivity index (χ1) is 16.2. The van der Waals surface area contributed by atoms with E-state index >= 15 is 0 Å². The van der Waals surface area contributed by atoms with E-state index in [1.54, 1.807) is 12.1 Å². The Morgan fingerprint density at radius 2 is 1.79 bits per heavy atom. The van der Waals surface area contributed by atoms with Gasteiger partial charge in [0, 0.05) is 24.7 Å². The lowest BCUT2D eigenvalue weighted by Crippen LogP contribution is -2.25. The maximum absolute atomic E-state index is 9.43. The summed E-state index contributed by atoms with van der Waals surface area (Å²) in [5.41, 5.74) is 4.75. The van der Waals surface area contributed by atoms with E-state index < -0.39 is 0 Å². The number of rotatable bonds is 11. The second-order valence-corrected chi connectivity index (χ2v) is 9.39. The van der Waals surface area contributed by atoms with Crippen LogP contribution in [0.5, 0.6) is 5.75 Å². The third-order valence-electron chi connectivity index (χ3n) is 6.91. The van der Waals surface area contributed by atoms with Crippen molar-refractivity contribution in [1.82, 2.24) is 14.9 Å². The van der Waals surface area contributed by atoms with Gasteiger partial charge < -0.3 is 5.11 Å². The van der Waals surface area contributed by atoms with Crippen LogP contribution in [0, 0.1) is 5.92 Å². The number of aromatic hydroxyl groups is 1. The molecule has 1 fully saturated rings. The average Bonchev–Trinajstić information content (AvgIpc) is 3.37. The van der Waals surface area contributed by atoms with Crippen LogP contribution in [0.15, 0.2) is 60.8 Å². The summed E-state index contributed by atoms with van der Waals surface area (Å²) in [5, 5.41) is 9.43. The molecule has 1 heterocycles. The van der Waals surface area contributed by atoms with Crippen LogP contribution in [0.2, 0.25) is 0 Å². The minimum absolute atomic E-state index is 0.313. The molecule has 33 heavy (non-hydrogen) atoms. The van der Waals surface area contributed by atoms with Crippen LogP contribution < -0.4 is 0 Å². The second kappa shape index (κ2) is 11.9. The standard InChI is InChI=1S/C29H37N3O/c1-2-32(20-18-23-7-3-4-8-23)22-25-10-5-11-26(21-25)28-17-19-30-29(31-28)12-6-9-24-13-15-27(33)16-14-24/h5,10-11,13-17,19,21,23,33H,2-4,6-9,12,18,20,22H2,1H3. The van der Waals surface area contributed by atoms with Crippen molar-refractivity contribution in [3.05, 3.63) is 77.7 Å². The average molecular weight is 444 g/mol. The number of benzene rings is 2. The zero-order valence-corrected chi connectivity index (χ0v) is 19.9. The number of hydrogen-bond donors (Lipinski definition) is 1. The van der Waals surface area contributed by atoms with Crippen molar-refractivity contribution < 1.29 is 5.11 Å². The lowest BCUT2D eigenvalue weighted by atomic mass is 10.0. The Morgan fingerprint density at radius 3 is 2.58 bits per heavy atom. The number of phenolic OH excluding ortho intramolecular Hbond substituents is 1. The highest BCUT2D eigenvalue weighted by Gasteiger charge is 2.16. The second-order valence-electron chi connectivity index (χ2n) is 9.39. The molecule has 0 atom stereocenters. The number of aryl methyl sites for hydroxylation is 2. The molecule has 1 saturated carbocycles. The van der Waals surface area contributed by atoms with E-state index in [4.69, 9.17) is 4.98 Å². The van der Waals surface area contributed by atoms with E-state index in [0.29, 0.717) is 5.75 Å². The molecule has 0 aliphatic heterocycles. The molecule has 4 rings (SSSR count). The Bertz CT molecular complexity index is 996. The summed E-state index contributed by atoms with van der Waals surface area (Å²) in [4.78, 5) is 11.9. The van der Waals surface area contributed by atoms with Gasteiger partial charge in [-0.25, -0.2) is 9.97 Å². The van der Waals surface area contributed by atoms with Crippen molar-refractivity contribution in [2.24, 2.45) is 5.92 Å². The Hall–Kier alpha value is -2.72. The molecule has 1 aliphatic rings. The van der Waals surface area contributed by atoms with Crippen molar-refractivity contribution in [2.75, 3.05) is 13.1 Å². The zero-order valence-electron chi connectivity index (χ0n) is 19.9. The molecular formula is C29H37N3O. The molecule has 0 amide bonds. The molecule has 0 unspecified atom stereocenters. The van der Waals surface area contributed by atoms with Gasteiger partial charge in [-0.1, -0.05) is 62.9 Å². The SMILES string of the molecule is CCN(CCC1CCCC1)Cc1cccc(-c2ccnc(CCCc3ccc(O)cc3)n2)c1. The Balaban J connectivity index is 1.34. The summed E-state index contributed by atoms with van der Waals surface area (Å²) in [5.74, 6) is 2.15. The minimum atomic E-state index is 0.313. The van der Waals surface area contributed by atoms with Crippen molar-refractivity contribution >= 4 is 0 Å². The van der Waals surface area contributed by atoms with Crippen molar-refractivity contribution in [3.8, 4) is 17.0 Å². The van der Waals surface area contributed by atoms with E-state index in [0.717, 1.165) is 49.8 Å². The number of nitrogens with zero attached hydrogens (tertiary/aromatic N) is 3. The number of hydrogen-bond acceptors (Lipinski definition) is 4. The highest BCUT2D eigenvalue weighted by molar-refractivity contribution is 5.59. The summed E-state index contributed by atoms with van der Waals surface area (Å²) in [6.07, 6.45) is 11.7. The molecule has 4 heteroatoms. The van der Waals surface area contributed by atoms with Gasteiger partial charge in [-0.3, -0.25) is 4.90 Å². The lowest BCUT2D eigenvalue weighted by Gasteiger charge is -2.22. The molecule has 0 saturated heterocycles. The first-order valence-corrected chi connectivity index (χ1v) is 12.6. The van der Waals surface area contributed by atoms with E-state index in [1.807, 2.05) is 24.4 Å². The lowest BCUT2D eigenvalue weighted by molar-refractivity contribution is 0.256. The monoisotopic (exact) mass is 443 g/mol. The van der Waals surface area contributed by atoms with Gasteiger partial charge >= 0.3 is 0 Å². The number of phenols is 1. The van der Waals surface area contributed by atoms with E-state index in [-0.39, 0.29) is 0 Å². The molecule has 4 nitrogen and oxygen atoms in total. The Kier molecular flexibility index (Phi) is 8.48. The largest absolute Gasteiger partial charge is 0.508 e. The van der Waals surface area contributed by atoms with Gasteiger partial charge in [0.1, 0.15) is 11.6 Å². The van der Waals surface area contributed by atoms with Crippen LogP contribution in [0.4, 0.5) is 0 Å². The molecule has 1 N–H and O–H groups in total. The Labute approximate surface area is 198 Å². The Morgan fingerprint density at radius 1 is 0.970 bits per heavy atom. The normalized spacial score (nSPS) is 14.2. The summed E-state index contributed by atoms with van der Waals surface area (Å²) in [6.45, 7) is 5.56. The highest BCUT2D eigenvalue weighted by atomic mass is 16.3. The van der Waals surface area contributed by atoms with Crippen molar-refractivity contribution in [3.63, 3.8) is 0 Å². The smallest absolute Gasteiger partial charge is 0.128 e. The topological polar surface area (TPSA) is 49.2 Å². The first-order valence-electron chi connectivity index (χ1n) is 12.6. The minimum Gasteiger partial charge on any atom is -0.508 e. The van der Waals surface area contributed by atoms with Crippen LogP contribution in [0.25, 0.3) is 11.3 Å². The third kappa shape index (κ3) is 7.13. The first kappa shape index (κ1) is 23.4. The summed E-state index contributed by atoms with van der Waals surface area (Å²) < 4.78 is 0. The van der Waals surface area contributed by atoms with Gasteiger partial charge in [-0.05, 0) is 73.7 Å². The fourth-order valence-electron chi connectivity index (χ4n) is 4.89. The zero-order chi connectivity index (χ0) is 22.9. The molecule has 1 aliphatic carbocycles. The van der Waals surface area contributed by atoms with Gasteiger partial charge in [0.2, 0.25) is 0 Å². The summed E-state index contributed by atoms with van der Waals surface area (Å²) in [6, 6.07) is 18.3. The predicted molar refractivity (Wildman–Crippen MR) is 135 cm³/mol. The molecule has 0 radical (unpaired) electrons. The summed E-state index contributed by atoms with van der Waals surface area (Å²) in [7, 11) is 0. The van der Waals surface area contributed by atoms with Crippen molar-refractivity contribution in [2.45, 2.75) is 64.8 Å². The van der Waals surface area contributed by atoms with Crippen LogP contribution in [-0.4, -0.2) is 33.1 Å². The van der Waals surface area contributed by atoms with Crippen LogP contribution >= 0.6 is 0 Å². The quantitative estimate of drug-likeness (QED) is 0.371. The van der Waals surface area contributed by atoms with Crippen LogP contribution in [0.1, 0.15) is 62.4 Å². The van der Waals surface area contributed by atoms with Crippen LogP contribution in [0.3, 0.4) is 0 Å². The van der Waals surface area contributed by atoms with Gasteiger partial charge in [0.05, 0.1) is 5.69 Å². The van der Waals surface area contributed by atoms with Crippen LogP contribution in [-0.2, 0) is 19.4 Å². The van der Waals surface area contributed by atoms with E-state index in [1.165, 1.54) is 55.3 Å².